The van der Waals surface area contributed by atoms with Crippen molar-refractivity contribution < 1.29 is 26.2 Å². The smallest absolute Gasteiger partial charge is 0.200 e. The van der Waals surface area contributed by atoms with Gasteiger partial charge in [0.2, 0.25) is 5.82 Å². The zero-order valence-corrected chi connectivity index (χ0v) is 11.4. The van der Waals surface area contributed by atoms with Crippen LogP contribution in [-0.4, -0.2) is 16.5 Å². The first-order chi connectivity index (χ1) is 9.25. The molecule has 1 atom stereocenters. The van der Waals surface area contributed by atoms with Gasteiger partial charge in [-0.2, -0.15) is 0 Å². The number of nitrogens with zero attached hydrogens (tertiary/aromatic N) is 1. The molecule has 8 heteroatoms. The Balaban J connectivity index is 2.63. The minimum Gasteiger partial charge on any atom is -0.282 e. The largest absolute Gasteiger partial charge is 0.282 e. The fraction of sp³-hybridized carbons (Fsp3) is 0.333. The van der Waals surface area contributed by atoms with E-state index in [0.29, 0.717) is 9.88 Å². The Morgan fingerprint density at radius 3 is 1.80 bits per heavy atom. The van der Waals surface area contributed by atoms with Gasteiger partial charge in [0.1, 0.15) is 16.7 Å². The normalized spacial score (nSPS) is 19.8. The Morgan fingerprint density at radius 1 is 0.850 bits per heavy atom. The van der Waals surface area contributed by atoms with Crippen LogP contribution >= 0.6 is 0 Å². The molecule has 1 heterocycles. The third-order valence-corrected chi connectivity index (χ3v) is 4.61. The lowest BCUT2D eigenvalue weighted by Crippen LogP contribution is -2.36. The zero-order chi connectivity index (χ0) is 15.2. The van der Waals surface area contributed by atoms with Gasteiger partial charge in [-0.1, -0.05) is 11.1 Å². The Kier molecular flexibility index (Phi) is 3.86. The van der Waals surface area contributed by atoms with E-state index in [1.54, 1.807) is 13.8 Å². The molecular weight excluding hydrogens is 301 g/mol. The van der Waals surface area contributed by atoms with Crippen LogP contribution in [0.25, 0.3) is 0 Å². The summed E-state index contributed by atoms with van der Waals surface area (Å²) in [4.78, 5) is 0. The summed E-state index contributed by atoms with van der Waals surface area (Å²) in [7, 11) is -1.88. The van der Waals surface area contributed by atoms with E-state index < -0.39 is 45.8 Å². The molecule has 0 fully saturated rings. The van der Waals surface area contributed by atoms with Crippen LogP contribution in [0.5, 0.6) is 0 Å². The van der Waals surface area contributed by atoms with Crippen LogP contribution in [0.15, 0.2) is 11.1 Å². The zero-order valence-electron chi connectivity index (χ0n) is 10.6. The number of benzene rings is 1. The van der Waals surface area contributed by atoms with Crippen LogP contribution in [0.3, 0.4) is 0 Å². The summed E-state index contributed by atoms with van der Waals surface area (Å²) in [6.07, 6.45) is 0. The van der Waals surface area contributed by atoms with Gasteiger partial charge in [-0.05, 0) is 13.8 Å². The van der Waals surface area contributed by atoms with Gasteiger partial charge in [0, 0.05) is 0 Å². The predicted molar refractivity (Wildman–Crippen MR) is 65.0 cm³/mol. The molecule has 1 aliphatic rings. The second-order valence-electron chi connectivity index (χ2n) is 4.48. The van der Waals surface area contributed by atoms with Gasteiger partial charge in [0.05, 0.1) is 12.3 Å². The number of halogens is 5. The van der Waals surface area contributed by atoms with E-state index in [-0.39, 0.29) is 12.3 Å². The summed E-state index contributed by atoms with van der Waals surface area (Å²) >= 11 is 0. The van der Waals surface area contributed by atoms with Gasteiger partial charge < -0.3 is 0 Å². The lowest BCUT2D eigenvalue weighted by molar-refractivity contribution is 0.380. The number of anilines is 1. The molecule has 1 aliphatic heterocycles. The van der Waals surface area contributed by atoms with E-state index in [2.05, 4.69) is 0 Å². The summed E-state index contributed by atoms with van der Waals surface area (Å²) in [5.74, 6) is -10.3. The van der Waals surface area contributed by atoms with Crippen molar-refractivity contribution in [1.29, 1.82) is 0 Å². The SMILES string of the molecule is CC1=C(C)CS(=O)N(c2c(F)c(F)c(F)c(F)c2F)C1. The van der Waals surface area contributed by atoms with E-state index >= 15 is 0 Å². The molecule has 0 aromatic heterocycles. The van der Waals surface area contributed by atoms with Crippen LogP contribution in [-0.2, 0) is 11.0 Å². The number of hydrogen-bond donors (Lipinski definition) is 0. The molecule has 0 bridgehead atoms. The quantitative estimate of drug-likeness (QED) is 0.337. The fourth-order valence-corrected chi connectivity index (χ4v) is 3.28. The fourth-order valence-electron chi connectivity index (χ4n) is 1.80. The van der Waals surface area contributed by atoms with Crippen LogP contribution in [0.1, 0.15) is 13.8 Å². The second kappa shape index (κ2) is 5.16. The Bertz CT molecular complexity index is 614. The maximum atomic E-state index is 13.7. The third kappa shape index (κ3) is 2.21. The Hall–Kier alpha value is -1.44. The molecular formula is C12H10F5NOS. The average Bonchev–Trinajstić information content (AvgIpc) is 2.40. The van der Waals surface area contributed by atoms with Gasteiger partial charge >= 0.3 is 0 Å². The standard InChI is InChI=1S/C12H10F5NOS/c1-5-3-18(20(19)4-6(5)2)12-10(16)8(14)7(13)9(15)11(12)17/h3-4H2,1-2H3. The first-order valence-corrected chi connectivity index (χ1v) is 6.86. The van der Waals surface area contributed by atoms with E-state index in [1.807, 2.05) is 0 Å². The molecule has 0 amide bonds. The summed E-state index contributed by atoms with van der Waals surface area (Å²) < 4.78 is 79.2. The summed E-state index contributed by atoms with van der Waals surface area (Å²) in [5.41, 5.74) is 0.295. The van der Waals surface area contributed by atoms with E-state index in [4.69, 9.17) is 0 Å². The van der Waals surface area contributed by atoms with Gasteiger partial charge in [-0.15, -0.1) is 0 Å². The van der Waals surface area contributed by atoms with Gasteiger partial charge in [0.15, 0.2) is 23.3 Å². The van der Waals surface area contributed by atoms with Gasteiger partial charge in [0.25, 0.3) is 0 Å². The van der Waals surface area contributed by atoms with Gasteiger partial charge in [-0.3, -0.25) is 4.31 Å². The minimum atomic E-state index is -2.23. The predicted octanol–water partition coefficient (Wildman–Crippen LogP) is 3.20. The molecule has 0 saturated heterocycles. The van der Waals surface area contributed by atoms with Crippen LogP contribution in [0.4, 0.5) is 27.6 Å². The first-order valence-electron chi connectivity index (χ1n) is 5.58. The Labute approximate surface area is 114 Å². The highest BCUT2D eigenvalue weighted by Gasteiger charge is 2.33. The molecule has 1 aromatic carbocycles. The van der Waals surface area contributed by atoms with E-state index in [0.717, 1.165) is 5.57 Å². The highest BCUT2D eigenvalue weighted by atomic mass is 32.2. The molecule has 0 aliphatic carbocycles. The molecule has 20 heavy (non-hydrogen) atoms. The second-order valence-corrected chi connectivity index (χ2v) is 5.85. The van der Waals surface area contributed by atoms with Crippen molar-refractivity contribution in [2.75, 3.05) is 16.6 Å². The van der Waals surface area contributed by atoms with Crippen molar-refractivity contribution in [2.45, 2.75) is 13.8 Å². The Morgan fingerprint density at radius 2 is 1.30 bits per heavy atom. The van der Waals surface area contributed by atoms with Crippen molar-refractivity contribution in [2.24, 2.45) is 0 Å². The van der Waals surface area contributed by atoms with Crippen LogP contribution in [0, 0.1) is 29.1 Å². The van der Waals surface area contributed by atoms with E-state index in [1.165, 1.54) is 0 Å². The molecule has 110 valence electrons. The molecule has 0 spiro atoms. The molecule has 0 saturated carbocycles. The molecule has 0 N–H and O–H groups in total. The lowest BCUT2D eigenvalue weighted by atomic mass is 10.1. The average molecular weight is 311 g/mol. The van der Waals surface area contributed by atoms with Crippen molar-refractivity contribution >= 4 is 16.7 Å². The highest BCUT2D eigenvalue weighted by Crippen LogP contribution is 2.33. The minimum absolute atomic E-state index is 0.00860. The molecule has 1 unspecified atom stereocenters. The molecule has 1 aromatic rings. The third-order valence-electron chi connectivity index (χ3n) is 3.13. The first kappa shape index (κ1) is 15.0. The van der Waals surface area contributed by atoms with Crippen molar-refractivity contribution in [1.82, 2.24) is 0 Å². The monoisotopic (exact) mass is 311 g/mol. The van der Waals surface area contributed by atoms with Crippen molar-refractivity contribution in [3.8, 4) is 0 Å². The van der Waals surface area contributed by atoms with Gasteiger partial charge in [-0.25, -0.2) is 26.2 Å². The molecule has 2 rings (SSSR count). The van der Waals surface area contributed by atoms with Crippen LogP contribution in [0.2, 0.25) is 0 Å². The summed E-state index contributed by atoms with van der Waals surface area (Å²) in [6.45, 7) is 3.19. The van der Waals surface area contributed by atoms with E-state index in [9.17, 15) is 26.2 Å². The molecule has 0 radical (unpaired) electrons. The maximum absolute atomic E-state index is 13.7. The molecule has 2 nitrogen and oxygen atoms in total. The van der Waals surface area contributed by atoms with Crippen molar-refractivity contribution in [3.05, 3.63) is 40.2 Å². The lowest BCUT2D eigenvalue weighted by Gasteiger charge is -2.29. The number of hydrogen-bond acceptors (Lipinski definition) is 1. The maximum Gasteiger partial charge on any atom is 0.200 e. The topological polar surface area (TPSA) is 20.3 Å². The van der Waals surface area contributed by atoms with Crippen molar-refractivity contribution in [3.63, 3.8) is 0 Å². The highest BCUT2D eigenvalue weighted by molar-refractivity contribution is 7.86. The number of rotatable bonds is 1. The summed E-state index contributed by atoms with van der Waals surface area (Å²) in [5, 5.41) is 0. The summed E-state index contributed by atoms with van der Waals surface area (Å²) in [6, 6.07) is 0. The van der Waals surface area contributed by atoms with Crippen LogP contribution < -0.4 is 4.31 Å².